The molecule has 0 spiro atoms. The van der Waals surface area contributed by atoms with E-state index in [1.165, 1.54) is 30.5 Å². The minimum absolute atomic E-state index is 0.222. The van der Waals surface area contributed by atoms with E-state index in [1.54, 1.807) is 13.1 Å². The maximum atomic E-state index is 12.3. The third-order valence-corrected chi connectivity index (χ3v) is 4.80. The van der Waals surface area contributed by atoms with Crippen molar-refractivity contribution in [3.8, 4) is 5.75 Å². The monoisotopic (exact) mass is 441 g/mol. The fourth-order valence-corrected chi connectivity index (χ4v) is 3.36. The second kappa shape index (κ2) is 8.14. The topological polar surface area (TPSA) is 96.3 Å². The lowest BCUT2D eigenvalue weighted by molar-refractivity contribution is -0.274. The number of pyridine rings is 1. The number of carbonyl (C=O) groups is 1. The summed E-state index contributed by atoms with van der Waals surface area (Å²) in [5, 5.41) is 3.96. The lowest BCUT2D eigenvalue weighted by atomic mass is 10.1. The number of nitrogens with two attached hydrogens (primary N) is 1. The second-order valence-corrected chi connectivity index (χ2v) is 6.92. The number of aromatic nitrogens is 2. The molecule has 0 saturated heterocycles. The summed E-state index contributed by atoms with van der Waals surface area (Å²) in [6.45, 7) is 0. The molecule has 2 aromatic heterocycles. The lowest BCUT2D eigenvalue weighted by Gasteiger charge is -2.23. The number of fused-ring (bicyclic) bond motifs is 1. The summed E-state index contributed by atoms with van der Waals surface area (Å²) in [6.07, 6.45) is -1.58. The highest BCUT2D eigenvalue weighted by Crippen LogP contribution is 2.34. The van der Waals surface area contributed by atoms with E-state index < -0.39 is 12.3 Å². The molecular weight excluding hydrogens is 423 g/mol. The Hall–Kier alpha value is -4.21. The molecule has 0 atom stereocenters. The molecule has 0 saturated carbocycles. The van der Waals surface area contributed by atoms with E-state index in [-0.39, 0.29) is 11.3 Å². The Morgan fingerprint density at radius 1 is 1.12 bits per heavy atom. The van der Waals surface area contributed by atoms with Gasteiger partial charge in [0.2, 0.25) is 0 Å². The number of ether oxygens (including phenoxy) is 1. The number of carbonyl (C=O) groups excluding carboxylic acids is 1. The first kappa shape index (κ1) is 21.0. The molecule has 32 heavy (non-hydrogen) atoms. The van der Waals surface area contributed by atoms with Crippen molar-refractivity contribution in [2.24, 2.45) is 5.73 Å². The minimum atomic E-state index is -4.76. The highest BCUT2D eigenvalue weighted by molar-refractivity contribution is 6.02. The fraction of sp³-hybridized carbons (Fsp3) is 0.0909. The van der Waals surface area contributed by atoms with E-state index >= 15 is 0 Å². The summed E-state index contributed by atoms with van der Waals surface area (Å²) < 4.78 is 40.9. The predicted octanol–water partition coefficient (Wildman–Crippen LogP) is 5.07. The fourth-order valence-electron chi connectivity index (χ4n) is 3.36. The van der Waals surface area contributed by atoms with Gasteiger partial charge in [0, 0.05) is 42.1 Å². The Morgan fingerprint density at radius 3 is 2.56 bits per heavy atom. The van der Waals surface area contributed by atoms with Gasteiger partial charge in [-0.15, -0.1) is 13.2 Å². The molecule has 0 bridgehead atoms. The summed E-state index contributed by atoms with van der Waals surface area (Å²) in [7, 11) is 1.80. The molecule has 4 rings (SSSR count). The molecule has 7 nitrogen and oxygen atoms in total. The summed E-state index contributed by atoms with van der Waals surface area (Å²) in [5.74, 6) is -0.594. The van der Waals surface area contributed by atoms with Crippen molar-refractivity contribution in [3.63, 3.8) is 0 Å². The number of alkyl halides is 3. The van der Waals surface area contributed by atoms with Gasteiger partial charge in [-0.3, -0.25) is 4.79 Å². The summed E-state index contributed by atoms with van der Waals surface area (Å²) in [5.41, 5.74) is 8.56. The quantitative estimate of drug-likeness (QED) is 0.388. The van der Waals surface area contributed by atoms with Crippen molar-refractivity contribution in [1.29, 1.82) is 0 Å². The smallest absolute Gasteiger partial charge is 0.406 e. The van der Waals surface area contributed by atoms with E-state index in [0.717, 1.165) is 16.6 Å². The number of H-pyrrole nitrogens is 1. The molecule has 1 amide bonds. The highest BCUT2D eigenvalue weighted by Gasteiger charge is 2.31. The van der Waals surface area contributed by atoms with E-state index in [9.17, 15) is 18.0 Å². The summed E-state index contributed by atoms with van der Waals surface area (Å²) >= 11 is 0. The molecule has 0 radical (unpaired) electrons. The van der Waals surface area contributed by atoms with Gasteiger partial charge in [-0.25, -0.2) is 4.98 Å². The van der Waals surface area contributed by atoms with Gasteiger partial charge >= 0.3 is 6.36 Å². The van der Waals surface area contributed by atoms with Crippen LogP contribution in [0.4, 0.5) is 36.1 Å². The van der Waals surface area contributed by atoms with Crippen LogP contribution >= 0.6 is 0 Å². The number of hydrogen-bond acceptors (Lipinski definition) is 5. The van der Waals surface area contributed by atoms with Crippen LogP contribution in [0.1, 0.15) is 10.4 Å². The highest BCUT2D eigenvalue weighted by atomic mass is 19.4. The van der Waals surface area contributed by atoms with Crippen LogP contribution < -0.4 is 20.7 Å². The van der Waals surface area contributed by atoms with E-state index in [1.807, 2.05) is 35.4 Å². The van der Waals surface area contributed by atoms with E-state index in [4.69, 9.17) is 5.73 Å². The van der Waals surface area contributed by atoms with Gasteiger partial charge in [0.25, 0.3) is 5.91 Å². The van der Waals surface area contributed by atoms with Gasteiger partial charge < -0.3 is 25.7 Å². The number of benzene rings is 2. The van der Waals surface area contributed by atoms with Gasteiger partial charge in [-0.1, -0.05) is 6.07 Å². The van der Waals surface area contributed by atoms with Crippen LogP contribution in [0.5, 0.6) is 5.75 Å². The second-order valence-electron chi connectivity index (χ2n) is 6.92. The molecule has 0 unspecified atom stereocenters. The van der Waals surface area contributed by atoms with Crippen LogP contribution in [0.3, 0.4) is 0 Å². The number of primary amides is 1. The normalized spacial score (nSPS) is 11.4. The molecule has 4 aromatic rings. The number of anilines is 4. The van der Waals surface area contributed by atoms with Gasteiger partial charge in [-0.05, 0) is 42.5 Å². The Kier molecular flexibility index (Phi) is 5.35. The van der Waals surface area contributed by atoms with Crippen LogP contribution in [0.15, 0.2) is 67.0 Å². The van der Waals surface area contributed by atoms with Crippen molar-refractivity contribution in [2.45, 2.75) is 6.36 Å². The average Bonchev–Trinajstić information content (AvgIpc) is 3.22. The zero-order valence-corrected chi connectivity index (χ0v) is 16.8. The number of hydrogen-bond donors (Lipinski definition) is 3. The van der Waals surface area contributed by atoms with Crippen LogP contribution in [-0.4, -0.2) is 29.3 Å². The van der Waals surface area contributed by atoms with Gasteiger partial charge in [0.1, 0.15) is 11.6 Å². The first-order chi connectivity index (χ1) is 15.2. The molecule has 10 heteroatoms. The summed E-state index contributed by atoms with van der Waals surface area (Å²) in [4.78, 5) is 21.2. The molecule has 0 aliphatic carbocycles. The maximum Gasteiger partial charge on any atom is 0.573 e. The molecule has 2 heterocycles. The van der Waals surface area contributed by atoms with Crippen LogP contribution in [-0.2, 0) is 0 Å². The summed E-state index contributed by atoms with van der Waals surface area (Å²) in [6, 6.07) is 14.5. The first-order valence-electron chi connectivity index (χ1n) is 9.44. The molecule has 164 valence electrons. The first-order valence-corrected chi connectivity index (χ1v) is 9.44. The number of nitrogens with zero attached hydrogens (tertiary/aromatic N) is 2. The lowest BCUT2D eigenvalue weighted by Crippen LogP contribution is -2.19. The Balaban J connectivity index is 1.65. The van der Waals surface area contributed by atoms with E-state index in [0.29, 0.717) is 17.2 Å². The molecule has 4 N–H and O–H groups in total. The number of aromatic amines is 1. The van der Waals surface area contributed by atoms with Gasteiger partial charge in [-0.2, -0.15) is 0 Å². The third kappa shape index (κ3) is 4.43. The zero-order chi connectivity index (χ0) is 22.9. The largest absolute Gasteiger partial charge is 0.573 e. The van der Waals surface area contributed by atoms with E-state index in [2.05, 4.69) is 20.0 Å². The molecule has 0 fully saturated rings. The zero-order valence-electron chi connectivity index (χ0n) is 16.8. The molecule has 0 aliphatic rings. The Morgan fingerprint density at radius 2 is 1.88 bits per heavy atom. The van der Waals surface area contributed by atoms with Crippen LogP contribution in [0.25, 0.3) is 10.9 Å². The van der Waals surface area contributed by atoms with Crippen molar-refractivity contribution < 1.29 is 22.7 Å². The Bertz CT molecular complexity index is 1270. The predicted molar refractivity (Wildman–Crippen MR) is 116 cm³/mol. The molecule has 2 aromatic carbocycles. The molecular formula is C22H18F3N5O2. The molecule has 0 aliphatic heterocycles. The number of rotatable bonds is 6. The average molecular weight is 441 g/mol. The third-order valence-electron chi connectivity index (χ3n) is 4.80. The SMILES string of the molecule is CN(c1cc(Nc2ccc(OC(F)(F)F)cc2)ncc1C(N)=O)c1cccc2[nH]ccc12. The number of halogens is 3. The van der Waals surface area contributed by atoms with Crippen molar-refractivity contribution in [3.05, 3.63) is 72.6 Å². The standard InChI is InChI=1S/C22H18F3N5O2/c1-30(18-4-2-3-17-15(18)9-10-27-17)19-11-20(28-12-16(19)21(26)31)29-13-5-7-14(8-6-13)32-22(23,24)25/h2-12,27H,1H3,(H2,26,31)(H,28,29). The van der Waals surface area contributed by atoms with Crippen molar-refractivity contribution >= 4 is 39.7 Å². The maximum absolute atomic E-state index is 12.3. The van der Waals surface area contributed by atoms with Crippen LogP contribution in [0, 0.1) is 0 Å². The van der Waals surface area contributed by atoms with Gasteiger partial charge in [0.15, 0.2) is 0 Å². The minimum Gasteiger partial charge on any atom is -0.406 e. The van der Waals surface area contributed by atoms with Crippen molar-refractivity contribution in [1.82, 2.24) is 9.97 Å². The van der Waals surface area contributed by atoms with Crippen molar-refractivity contribution in [2.75, 3.05) is 17.3 Å². The van der Waals surface area contributed by atoms with Crippen LogP contribution in [0.2, 0.25) is 0 Å². The number of nitrogens with one attached hydrogen (secondary N) is 2. The number of amides is 1. The Labute approximate surface area is 180 Å². The van der Waals surface area contributed by atoms with Gasteiger partial charge in [0.05, 0.1) is 16.9 Å².